The zero-order valence-electron chi connectivity index (χ0n) is 11.2. The van der Waals surface area contributed by atoms with Crippen molar-refractivity contribution in [3.63, 3.8) is 0 Å². The number of hydrogen-bond acceptors (Lipinski definition) is 6. The summed E-state index contributed by atoms with van der Waals surface area (Å²) < 4.78 is 0. The number of halogens is 1. The molecule has 104 valence electrons. The average molecular weight is 291 g/mol. The van der Waals surface area contributed by atoms with Gasteiger partial charge in [-0.3, -0.25) is 0 Å². The monoisotopic (exact) mass is 290 g/mol. The Kier molecular flexibility index (Phi) is 3.64. The zero-order valence-corrected chi connectivity index (χ0v) is 12.0. The Hall–Kier alpha value is -1.95. The van der Waals surface area contributed by atoms with Crippen molar-refractivity contribution >= 4 is 23.4 Å². The van der Waals surface area contributed by atoms with E-state index in [-0.39, 0.29) is 0 Å². The minimum Gasteiger partial charge on any atom is -0.353 e. The summed E-state index contributed by atoms with van der Waals surface area (Å²) in [6.45, 7) is 5.42. The van der Waals surface area contributed by atoms with Crippen LogP contribution in [-0.2, 0) is 0 Å². The Morgan fingerprint density at radius 3 is 2.30 bits per heavy atom. The van der Waals surface area contributed by atoms with Crippen molar-refractivity contribution in [3.8, 4) is 0 Å². The predicted octanol–water partition coefficient (Wildman–Crippen LogP) is 1.56. The molecular weight excluding hydrogens is 276 g/mol. The van der Waals surface area contributed by atoms with Gasteiger partial charge in [0.25, 0.3) is 0 Å². The number of piperazine rings is 1. The highest BCUT2D eigenvalue weighted by Gasteiger charge is 2.21. The molecule has 0 aromatic carbocycles. The Balaban J connectivity index is 1.71. The molecule has 0 atom stereocenters. The molecule has 3 rings (SSSR count). The SMILES string of the molecule is Cc1c(Cl)ncnc1N1CCN(c2ncccn2)CC1. The van der Waals surface area contributed by atoms with E-state index in [0.717, 1.165) is 43.5 Å². The lowest BCUT2D eigenvalue weighted by Crippen LogP contribution is -2.47. The summed E-state index contributed by atoms with van der Waals surface area (Å²) >= 11 is 6.05. The van der Waals surface area contributed by atoms with E-state index in [4.69, 9.17) is 11.6 Å². The molecule has 0 radical (unpaired) electrons. The minimum atomic E-state index is 0.517. The van der Waals surface area contributed by atoms with Crippen molar-refractivity contribution in [3.05, 3.63) is 35.5 Å². The Bertz CT molecular complexity index is 583. The fourth-order valence-corrected chi connectivity index (χ4v) is 2.44. The molecule has 1 aliphatic rings. The molecule has 2 aromatic heterocycles. The molecule has 0 N–H and O–H groups in total. The first-order valence-corrected chi connectivity index (χ1v) is 6.87. The van der Waals surface area contributed by atoms with Crippen molar-refractivity contribution in [1.29, 1.82) is 0 Å². The third kappa shape index (κ3) is 2.51. The van der Waals surface area contributed by atoms with Gasteiger partial charge in [0.15, 0.2) is 0 Å². The predicted molar refractivity (Wildman–Crippen MR) is 78.2 cm³/mol. The Morgan fingerprint density at radius 2 is 1.60 bits per heavy atom. The lowest BCUT2D eigenvalue weighted by atomic mass is 10.2. The van der Waals surface area contributed by atoms with Gasteiger partial charge in [-0.15, -0.1) is 0 Å². The summed E-state index contributed by atoms with van der Waals surface area (Å²) in [5.41, 5.74) is 0.929. The molecule has 20 heavy (non-hydrogen) atoms. The van der Waals surface area contributed by atoms with Gasteiger partial charge in [0.2, 0.25) is 5.95 Å². The van der Waals surface area contributed by atoms with E-state index in [9.17, 15) is 0 Å². The van der Waals surface area contributed by atoms with Gasteiger partial charge < -0.3 is 9.80 Å². The van der Waals surface area contributed by atoms with Gasteiger partial charge in [-0.25, -0.2) is 19.9 Å². The summed E-state index contributed by atoms with van der Waals surface area (Å²) in [6.07, 6.45) is 5.05. The van der Waals surface area contributed by atoms with Crippen LogP contribution in [0, 0.1) is 6.92 Å². The second-order valence-electron chi connectivity index (χ2n) is 4.64. The van der Waals surface area contributed by atoms with Gasteiger partial charge in [-0.2, -0.15) is 0 Å². The van der Waals surface area contributed by atoms with E-state index < -0.39 is 0 Å². The Morgan fingerprint density at radius 1 is 0.950 bits per heavy atom. The van der Waals surface area contributed by atoms with Crippen LogP contribution < -0.4 is 9.80 Å². The number of anilines is 2. The van der Waals surface area contributed by atoms with Gasteiger partial charge in [-0.05, 0) is 13.0 Å². The smallest absolute Gasteiger partial charge is 0.225 e. The van der Waals surface area contributed by atoms with E-state index in [0.29, 0.717) is 5.15 Å². The highest BCUT2D eigenvalue weighted by molar-refractivity contribution is 6.30. The maximum atomic E-state index is 6.05. The van der Waals surface area contributed by atoms with Gasteiger partial charge in [-0.1, -0.05) is 11.6 Å². The first-order chi connectivity index (χ1) is 9.75. The van der Waals surface area contributed by atoms with E-state index in [1.165, 1.54) is 6.33 Å². The topological polar surface area (TPSA) is 58.0 Å². The van der Waals surface area contributed by atoms with Crippen molar-refractivity contribution < 1.29 is 0 Å². The van der Waals surface area contributed by atoms with Crippen LogP contribution in [0.3, 0.4) is 0 Å². The summed E-state index contributed by atoms with van der Waals surface area (Å²) in [5, 5.41) is 0.517. The number of rotatable bonds is 2. The van der Waals surface area contributed by atoms with E-state index in [1.54, 1.807) is 12.4 Å². The summed E-state index contributed by atoms with van der Waals surface area (Å²) in [5.74, 6) is 1.70. The van der Waals surface area contributed by atoms with Gasteiger partial charge in [0.05, 0.1) is 0 Å². The molecule has 0 aliphatic carbocycles. The minimum absolute atomic E-state index is 0.517. The molecule has 7 heteroatoms. The maximum Gasteiger partial charge on any atom is 0.225 e. The fourth-order valence-electron chi connectivity index (χ4n) is 2.31. The van der Waals surface area contributed by atoms with Crippen molar-refractivity contribution in [2.75, 3.05) is 36.0 Å². The second kappa shape index (κ2) is 5.58. The lowest BCUT2D eigenvalue weighted by molar-refractivity contribution is 0.632. The summed E-state index contributed by atoms with van der Waals surface area (Å²) in [6, 6.07) is 1.83. The quantitative estimate of drug-likeness (QED) is 0.782. The lowest BCUT2D eigenvalue weighted by Gasteiger charge is -2.35. The van der Waals surface area contributed by atoms with Crippen LogP contribution in [0.4, 0.5) is 11.8 Å². The van der Waals surface area contributed by atoms with Crippen molar-refractivity contribution in [2.24, 2.45) is 0 Å². The van der Waals surface area contributed by atoms with E-state index in [1.807, 2.05) is 13.0 Å². The average Bonchev–Trinajstić information content (AvgIpc) is 2.51. The van der Waals surface area contributed by atoms with Crippen molar-refractivity contribution in [2.45, 2.75) is 6.92 Å². The molecule has 1 saturated heterocycles. The molecule has 0 saturated carbocycles. The largest absolute Gasteiger partial charge is 0.353 e. The molecule has 1 aliphatic heterocycles. The van der Waals surface area contributed by atoms with Crippen LogP contribution in [0.25, 0.3) is 0 Å². The van der Waals surface area contributed by atoms with Crippen LogP contribution in [0.5, 0.6) is 0 Å². The molecule has 0 unspecified atom stereocenters. The highest BCUT2D eigenvalue weighted by atomic mass is 35.5. The summed E-state index contributed by atoms with van der Waals surface area (Å²) in [7, 11) is 0. The third-order valence-electron chi connectivity index (χ3n) is 3.41. The summed E-state index contributed by atoms with van der Waals surface area (Å²) in [4.78, 5) is 21.3. The molecule has 2 aromatic rings. The molecule has 0 bridgehead atoms. The number of hydrogen-bond donors (Lipinski definition) is 0. The fraction of sp³-hybridized carbons (Fsp3) is 0.385. The molecule has 3 heterocycles. The molecular formula is C13H15ClN6. The standard InChI is InChI=1S/C13H15ClN6/c1-10-11(14)17-9-18-12(10)19-5-7-20(8-6-19)13-15-3-2-4-16-13/h2-4,9H,5-8H2,1H3. The second-order valence-corrected chi connectivity index (χ2v) is 4.99. The van der Waals surface area contributed by atoms with Crippen LogP contribution in [0.15, 0.2) is 24.8 Å². The molecule has 0 amide bonds. The maximum absolute atomic E-state index is 6.05. The van der Waals surface area contributed by atoms with Crippen molar-refractivity contribution in [1.82, 2.24) is 19.9 Å². The van der Waals surface area contributed by atoms with Gasteiger partial charge in [0.1, 0.15) is 17.3 Å². The van der Waals surface area contributed by atoms with Crippen LogP contribution >= 0.6 is 11.6 Å². The van der Waals surface area contributed by atoms with E-state index in [2.05, 4.69) is 29.7 Å². The molecule has 0 spiro atoms. The molecule has 6 nitrogen and oxygen atoms in total. The Labute approximate surface area is 122 Å². The van der Waals surface area contributed by atoms with E-state index >= 15 is 0 Å². The first kappa shape index (κ1) is 13.1. The molecule has 1 fully saturated rings. The van der Waals surface area contributed by atoms with Crippen LogP contribution in [-0.4, -0.2) is 46.1 Å². The zero-order chi connectivity index (χ0) is 13.9. The van der Waals surface area contributed by atoms with Gasteiger partial charge in [0, 0.05) is 44.1 Å². The normalized spacial score (nSPS) is 15.5. The number of nitrogens with zero attached hydrogens (tertiary/aromatic N) is 6. The highest BCUT2D eigenvalue weighted by Crippen LogP contribution is 2.23. The van der Waals surface area contributed by atoms with Crippen LogP contribution in [0.1, 0.15) is 5.56 Å². The van der Waals surface area contributed by atoms with Crippen LogP contribution in [0.2, 0.25) is 5.15 Å². The third-order valence-corrected chi connectivity index (χ3v) is 3.79. The van der Waals surface area contributed by atoms with Gasteiger partial charge >= 0.3 is 0 Å². The first-order valence-electron chi connectivity index (χ1n) is 6.49. The number of aromatic nitrogens is 4.